The molecule has 0 saturated heterocycles. The molecule has 2 aromatic carbocycles. The van der Waals surface area contributed by atoms with Gasteiger partial charge in [-0.15, -0.1) is 0 Å². The van der Waals surface area contributed by atoms with Crippen molar-refractivity contribution < 1.29 is 28.2 Å². The van der Waals surface area contributed by atoms with E-state index in [1.54, 1.807) is 31.4 Å². The van der Waals surface area contributed by atoms with Crippen molar-refractivity contribution in [1.82, 2.24) is 0 Å². The highest BCUT2D eigenvalue weighted by atomic mass is 35.5. The Balaban J connectivity index is 1.70. The summed E-state index contributed by atoms with van der Waals surface area (Å²) in [7, 11) is 1.58. The molecule has 0 radical (unpaired) electrons. The molecule has 1 atom stereocenters. The number of hydrogen-bond acceptors (Lipinski definition) is 5. The van der Waals surface area contributed by atoms with Gasteiger partial charge in [-0.25, -0.2) is 4.39 Å². The number of carbonyl (C=O) groups is 2. The normalized spacial score (nSPS) is 11.4. The van der Waals surface area contributed by atoms with Crippen LogP contribution in [0.5, 0.6) is 11.5 Å². The van der Waals surface area contributed by atoms with Crippen LogP contribution in [-0.2, 0) is 14.3 Å². The van der Waals surface area contributed by atoms with E-state index in [4.69, 9.17) is 25.8 Å². The molecule has 0 aliphatic carbocycles. The van der Waals surface area contributed by atoms with Gasteiger partial charge in [0, 0.05) is 6.42 Å². The molecule has 2 aromatic rings. The van der Waals surface area contributed by atoms with Gasteiger partial charge in [0.2, 0.25) is 0 Å². The molecule has 1 N–H and O–H groups in total. The molecule has 8 heteroatoms. The van der Waals surface area contributed by atoms with Crippen molar-refractivity contribution in [1.29, 1.82) is 0 Å². The lowest BCUT2D eigenvalue weighted by Crippen LogP contribution is -2.30. The number of ether oxygens (including phenoxy) is 3. The van der Waals surface area contributed by atoms with E-state index in [2.05, 4.69) is 5.32 Å². The van der Waals surface area contributed by atoms with Gasteiger partial charge in [0.25, 0.3) is 5.91 Å². The summed E-state index contributed by atoms with van der Waals surface area (Å²) in [5, 5.41) is 2.55. The highest BCUT2D eigenvalue weighted by Gasteiger charge is 2.18. The number of halogens is 2. The predicted octanol–water partition coefficient (Wildman–Crippen LogP) is 4.22. The molecular weight excluding hydrogens is 389 g/mol. The van der Waals surface area contributed by atoms with Crippen molar-refractivity contribution in [2.24, 2.45) is 0 Å². The molecule has 2 rings (SSSR count). The Morgan fingerprint density at radius 1 is 1.14 bits per heavy atom. The Hall–Kier alpha value is -2.80. The van der Waals surface area contributed by atoms with Gasteiger partial charge in [-0.05, 0) is 55.8 Å². The minimum atomic E-state index is -1.02. The Kier molecular flexibility index (Phi) is 8.07. The average molecular weight is 410 g/mol. The second-order valence-corrected chi connectivity index (χ2v) is 6.28. The molecule has 0 saturated carbocycles. The Labute approximate surface area is 167 Å². The van der Waals surface area contributed by atoms with Gasteiger partial charge >= 0.3 is 5.97 Å². The Morgan fingerprint density at radius 2 is 1.82 bits per heavy atom. The summed E-state index contributed by atoms with van der Waals surface area (Å²) in [6.07, 6.45) is -0.482. The molecule has 0 fully saturated rings. The number of hydrogen-bond donors (Lipinski definition) is 1. The standard InChI is InChI=1S/C20H21ClFNO5/c1-13(20(25)23-18-10-5-14(22)12-17(18)21)28-19(24)4-3-11-27-16-8-6-15(26-2)7-9-16/h5-10,12-13H,3-4,11H2,1-2H3,(H,23,25)/t13-/m0/s1. The van der Waals surface area contributed by atoms with E-state index in [9.17, 15) is 14.0 Å². The van der Waals surface area contributed by atoms with Gasteiger partial charge in [0.15, 0.2) is 6.10 Å². The maximum absolute atomic E-state index is 13.0. The Morgan fingerprint density at radius 3 is 2.46 bits per heavy atom. The van der Waals surface area contributed by atoms with Crippen LogP contribution in [0.3, 0.4) is 0 Å². The van der Waals surface area contributed by atoms with Gasteiger partial charge in [-0.3, -0.25) is 9.59 Å². The van der Waals surface area contributed by atoms with E-state index >= 15 is 0 Å². The monoisotopic (exact) mass is 409 g/mol. The minimum absolute atomic E-state index is 0.0579. The summed E-state index contributed by atoms with van der Waals surface area (Å²) < 4.78 is 28.7. The highest BCUT2D eigenvalue weighted by Crippen LogP contribution is 2.22. The summed E-state index contributed by atoms with van der Waals surface area (Å²) >= 11 is 5.85. The zero-order chi connectivity index (χ0) is 20.5. The molecule has 0 spiro atoms. The summed E-state index contributed by atoms with van der Waals surface area (Å²) in [6.45, 7) is 1.77. The Bertz CT molecular complexity index is 813. The number of carbonyl (C=O) groups excluding carboxylic acids is 2. The molecule has 0 aliphatic heterocycles. The first-order chi connectivity index (χ1) is 13.4. The second-order valence-electron chi connectivity index (χ2n) is 5.87. The summed E-state index contributed by atoms with van der Waals surface area (Å²) in [5.41, 5.74) is 0.240. The number of nitrogens with one attached hydrogen (secondary N) is 1. The van der Waals surface area contributed by atoms with Gasteiger partial charge in [0.1, 0.15) is 17.3 Å². The first-order valence-corrected chi connectivity index (χ1v) is 8.99. The fraction of sp³-hybridized carbons (Fsp3) is 0.300. The fourth-order valence-electron chi connectivity index (χ4n) is 2.21. The van der Waals surface area contributed by atoms with Crippen LogP contribution in [0, 0.1) is 5.82 Å². The lowest BCUT2D eigenvalue weighted by Gasteiger charge is -2.14. The lowest BCUT2D eigenvalue weighted by molar-refractivity contribution is -0.153. The summed E-state index contributed by atoms with van der Waals surface area (Å²) in [5.74, 6) is -0.204. The molecule has 0 aromatic heterocycles. The van der Waals surface area contributed by atoms with Crippen LogP contribution in [0.25, 0.3) is 0 Å². The van der Waals surface area contributed by atoms with Gasteiger partial charge < -0.3 is 19.5 Å². The van der Waals surface area contributed by atoms with Crippen LogP contribution in [0.4, 0.5) is 10.1 Å². The van der Waals surface area contributed by atoms with E-state index < -0.39 is 23.8 Å². The van der Waals surface area contributed by atoms with Crippen LogP contribution < -0.4 is 14.8 Å². The number of rotatable bonds is 9. The third kappa shape index (κ3) is 6.74. The molecule has 1 amide bonds. The van der Waals surface area contributed by atoms with Gasteiger partial charge in [0.05, 0.1) is 24.4 Å². The number of esters is 1. The van der Waals surface area contributed by atoms with E-state index in [1.807, 2.05) is 0 Å². The quantitative estimate of drug-likeness (QED) is 0.496. The van der Waals surface area contributed by atoms with E-state index in [-0.39, 0.29) is 17.1 Å². The summed E-state index contributed by atoms with van der Waals surface area (Å²) in [4.78, 5) is 23.9. The topological polar surface area (TPSA) is 73.9 Å². The van der Waals surface area contributed by atoms with Gasteiger partial charge in [-0.1, -0.05) is 11.6 Å². The zero-order valence-electron chi connectivity index (χ0n) is 15.5. The minimum Gasteiger partial charge on any atom is -0.497 e. The number of benzene rings is 2. The van der Waals surface area contributed by atoms with E-state index in [0.717, 1.165) is 11.8 Å². The van der Waals surface area contributed by atoms with E-state index in [0.29, 0.717) is 18.8 Å². The maximum Gasteiger partial charge on any atom is 0.306 e. The first-order valence-electron chi connectivity index (χ1n) is 8.61. The van der Waals surface area contributed by atoms with Crippen molar-refractivity contribution in [2.45, 2.75) is 25.9 Å². The third-order valence-electron chi connectivity index (χ3n) is 3.72. The molecule has 150 valence electrons. The van der Waals surface area contributed by atoms with Crippen LogP contribution in [0.1, 0.15) is 19.8 Å². The molecule has 28 heavy (non-hydrogen) atoms. The molecule has 6 nitrogen and oxygen atoms in total. The molecule has 0 unspecified atom stereocenters. The van der Waals surface area contributed by atoms with Crippen molar-refractivity contribution >= 4 is 29.2 Å². The third-order valence-corrected chi connectivity index (χ3v) is 4.03. The van der Waals surface area contributed by atoms with Crippen LogP contribution in [0.2, 0.25) is 5.02 Å². The molecular formula is C20H21ClFNO5. The van der Waals surface area contributed by atoms with Crippen LogP contribution in [0.15, 0.2) is 42.5 Å². The van der Waals surface area contributed by atoms with Crippen LogP contribution in [-0.4, -0.2) is 31.7 Å². The van der Waals surface area contributed by atoms with Gasteiger partial charge in [-0.2, -0.15) is 0 Å². The second kappa shape index (κ2) is 10.5. The molecule has 0 bridgehead atoms. The summed E-state index contributed by atoms with van der Waals surface area (Å²) in [6, 6.07) is 10.7. The first kappa shape index (κ1) is 21.5. The average Bonchev–Trinajstić information content (AvgIpc) is 2.67. The SMILES string of the molecule is COc1ccc(OCCCC(=O)O[C@@H](C)C(=O)Nc2ccc(F)cc2Cl)cc1. The number of amides is 1. The number of anilines is 1. The molecule has 0 aliphatic rings. The predicted molar refractivity (Wildman–Crippen MR) is 103 cm³/mol. The lowest BCUT2D eigenvalue weighted by atomic mass is 10.3. The van der Waals surface area contributed by atoms with Crippen molar-refractivity contribution in [3.8, 4) is 11.5 Å². The maximum atomic E-state index is 13.0. The highest BCUT2D eigenvalue weighted by molar-refractivity contribution is 6.33. The van der Waals surface area contributed by atoms with Crippen molar-refractivity contribution in [3.05, 3.63) is 53.3 Å². The largest absolute Gasteiger partial charge is 0.497 e. The van der Waals surface area contributed by atoms with Crippen molar-refractivity contribution in [2.75, 3.05) is 19.0 Å². The molecule has 0 heterocycles. The van der Waals surface area contributed by atoms with Crippen molar-refractivity contribution in [3.63, 3.8) is 0 Å². The van der Waals surface area contributed by atoms with Crippen LogP contribution >= 0.6 is 11.6 Å². The smallest absolute Gasteiger partial charge is 0.306 e. The number of methoxy groups -OCH3 is 1. The van der Waals surface area contributed by atoms with E-state index in [1.165, 1.54) is 19.1 Å². The fourth-order valence-corrected chi connectivity index (χ4v) is 2.43. The zero-order valence-corrected chi connectivity index (χ0v) is 16.3.